The summed E-state index contributed by atoms with van der Waals surface area (Å²) in [5, 5.41) is 0. The number of ether oxygens (including phenoxy) is 1. The van der Waals surface area contributed by atoms with E-state index in [4.69, 9.17) is 15.5 Å². The lowest BCUT2D eigenvalue weighted by atomic mass is 10.1. The number of rotatable bonds is 5. The third-order valence-corrected chi connectivity index (χ3v) is 4.28. The standard InChI is InChI=1S/C16H20IN3O/c1-10(2)8-13-14(17)15(18)20-16(19-13)12-7-5-4-6-11(12)9-21-3/h4-7,10H,8-9H2,1-3H3,(H2,18,19,20). The van der Waals surface area contributed by atoms with Crippen LogP contribution in [-0.4, -0.2) is 17.1 Å². The van der Waals surface area contributed by atoms with Gasteiger partial charge in [-0.3, -0.25) is 0 Å². The Morgan fingerprint density at radius 2 is 1.95 bits per heavy atom. The molecular formula is C16H20IN3O. The van der Waals surface area contributed by atoms with Crippen LogP contribution in [0.5, 0.6) is 0 Å². The smallest absolute Gasteiger partial charge is 0.162 e. The van der Waals surface area contributed by atoms with Crippen LogP contribution >= 0.6 is 22.6 Å². The number of methoxy groups -OCH3 is 1. The lowest BCUT2D eigenvalue weighted by molar-refractivity contribution is 0.185. The maximum atomic E-state index is 6.07. The Bertz CT molecular complexity index is 629. The second kappa shape index (κ2) is 7.17. The van der Waals surface area contributed by atoms with Crippen LogP contribution < -0.4 is 5.73 Å². The van der Waals surface area contributed by atoms with Gasteiger partial charge in [0.25, 0.3) is 0 Å². The predicted octanol–water partition coefficient (Wildman–Crippen LogP) is 3.68. The van der Waals surface area contributed by atoms with Gasteiger partial charge in [-0.1, -0.05) is 38.1 Å². The van der Waals surface area contributed by atoms with Crippen LogP contribution in [0.1, 0.15) is 25.1 Å². The SMILES string of the molecule is COCc1ccccc1-c1nc(N)c(I)c(CC(C)C)n1. The van der Waals surface area contributed by atoms with E-state index >= 15 is 0 Å². The Labute approximate surface area is 139 Å². The Hall–Kier alpha value is -1.21. The molecule has 0 saturated carbocycles. The lowest BCUT2D eigenvalue weighted by Gasteiger charge is -2.13. The average Bonchev–Trinajstić information content (AvgIpc) is 2.44. The van der Waals surface area contributed by atoms with Gasteiger partial charge in [-0.05, 0) is 40.5 Å². The Balaban J connectivity index is 2.52. The minimum atomic E-state index is 0.523. The molecule has 0 saturated heterocycles. The van der Waals surface area contributed by atoms with Crippen molar-refractivity contribution in [2.75, 3.05) is 12.8 Å². The van der Waals surface area contributed by atoms with Crippen LogP contribution in [0, 0.1) is 9.49 Å². The first-order valence-corrected chi connectivity index (χ1v) is 8.00. The molecule has 2 N–H and O–H groups in total. The highest BCUT2D eigenvalue weighted by molar-refractivity contribution is 14.1. The summed E-state index contributed by atoms with van der Waals surface area (Å²) in [6.07, 6.45) is 0.893. The fraction of sp³-hybridized carbons (Fsp3) is 0.375. The largest absolute Gasteiger partial charge is 0.383 e. The van der Waals surface area contributed by atoms with Crippen molar-refractivity contribution in [1.82, 2.24) is 9.97 Å². The molecule has 1 aromatic carbocycles. The number of nitrogens with zero attached hydrogens (tertiary/aromatic N) is 2. The van der Waals surface area contributed by atoms with Gasteiger partial charge in [-0.15, -0.1) is 0 Å². The summed E-state index contributed by atoms with van der Waals surface area (Å²) in [6.45, 7) is 4.88. The Morgan fingerprint density at radius 1 is 1.24 bits per heavy atom. The summed E-state index contributed by atoms with van der Waals surface area (Å²) < 4.78 is 6.20. The van der Waals surface area contributed by atoms with Crippen LogP contribution in [0.2, 0.25) is 0 Å². The second-order valence-electron chi connectivity index (χ2n) is 5.38. The average molecular weight is 397 g/mol. The van der Waals surface area contributed by atoms with E-state index in [2.05, 4.69) is 41.4 Å². The number of benzene rings is 1. The van der Waals surface area contributed by atoms with Crippen LogP contribution in [-0.2, 0) is 17.8 Å². The van der Waals surface area contributed by atoms with Gasteiger partial charge < -0.3 is 10.5 Å². The van der Waals surface area contributed by atoms with Crippen molar-refractivity contribution in [1.29, 1.82) is 0 Å². The van der Waals surface area contributed by atoms with Gasteiger partial charge in [0.1, 0.15) is 5.82 Å². The van der Waals surface area contributed by atoms with Crippen molar-refractivity contribution in [2.24, 2.45) is 5.92 Å². The van der Waals surface area contributed by atoms with Crippen LogP contribution in [0.3, 0.4) is 0 Å². The molecule has 0 spiro atoms. The lowest BCUT2D eigenvalue weighted by Crippen LogP contribution is -2.08. The molecular weight excluding hydrogens is 377 g/mol. The second-order valence-corrected chi connectivity index (χ2v) is 6.46. The zero-order valence-electron chi connectivity index (χ0n) is 12.6. The normalized spacial score (nSPS) is 11.1. The predicted molar refractivity (Wildman–Crippen MR) is 93.9 cm³/mol. The first kappa shape index (κ1) is 16.2. The monoisotopic (exact) mass is 397 g/mol. The van der Waals surface area contributed by atoms with Crippen molar-refractivity contribution >= 4 is 28.4 Å². The molecule has 0 aliphatic heterocycles. The molecule has 2 rings (SSSR count). The van der Waals surface area contributed by atoms with Crippen molar-refractivity contribution in [3.05, 3.63) is 39.1 Å². The van der Waals surface area contributed by atoms with Gasteiger partial charge in [-0.25, -0.2) is 9.97 Å². The molecule has 21 heavy (non-hydrogen) atoms. The van der Waals surface area contributed by atoms with Crippen molar-refractivity contribution < 1.29 is 4.74 Å². The number of nitrogens with two attached hydrogens (primary N) is 1. The van der Waals surface area contributed by atoms with Gasteiger partial charge in [0.2, 0.25) is 0 Å². The Morgan fingerprint density at radius 3 is 2.62 bits per heavy atom. The number of hydrogen-bond donors (Lipinski definition) is 1. The molecule has 4 nitrogen and oxygen atoms in total. The summed E-state index contributed by atoms with van der Waals surface area (Å²) in [7, 11) is 1.68. The minimum absolute atomic E-state index is 0.523. The minimum Gasteiger partial charge on any atom is -0.383 e. The van der Waals surface area contributed by atoms with Gasteiger partial charge >= 0.3 is 0 Å². The summed E-state index contributed by atoms with van der Waals surface area (Å²) in [4.78, 5) is 9.19. The van der Waals surface area contributed by atoms with Gasteiger partial charge in [-0.2, -0.15) is 0 Å². The van der Waals surface area contributed by atoms with Crippen LogP contribution in [0.25, 0.3) is 11.4 Å². The van der Waals surface area contributed by atoms with E-state index in [-0.39, 0.29) is 0 Å². The zero-order valence-corrected chi connectivity index (χ0v) is 14.7. The maximum Gasteiger partial charge on any atom is 0.162 e. The molecule has 0 radical (unpaired) electrons. The molecule has 0 atom stereocenters. The van der Waals surface area contributed by atoms with Gasteiger partial charge in [0, 0.05) is 12.7 Å². The summed E-state index contributed by atoms with van der Waals surface area (Å²) >= 11 is 2.22. The third kappa shape index (κ3) is 3.91. The molecule has 5 heteroatoms. The highest BCUT2D eigenvalue weighted by Crippen LogP contribution is 2.26. The molecule has 2 aromatic rings. The first-order chi connectivity index (χ1) is 10.0. The van der Waals surface area contributed by atoms with Crippen molar-refractivity contribution in [3.8, 4) is 11.4 Å². The van der Waals surface area contributed by atoms with Crippen molar-refractivity contribution in [2.45, 2.75) is 26.9 Å². The van der Waals surface area contributed by atoms with E-state index in [1.807, 2.05) is 24.3 Å². The third-order valence-electron chi connectivity index (χ3n) is 3.11. The van der Waals surface area contributed by atoms with E-state index in [9.17, 15) is 0 Å². The fourth-order valence-electron chi connectivity index (χ4n) is 2.18. The highest BCUT2D eigenvalue weighted by Gasteiger charge is 2.14. The molecule has 0 aliphatic carbocycles. The Kier molecular flexibility index (Phi) is 5.52. The highest BCUT2D eigenvalue weighted by atomic mass is 127. The summed E-state index contributed by atoms with van der Waals surface area (Å²) in [6, 6.07) is 8.00. The van der Waals surface area contributed by atoms with E-state index in [1.165, 1.54) is 0 Å². The molecule has 1 heterocycles. The van der Waals surface area contributed by atoms with E-state index in [0.29, 0.717) is 24.2 Å². The number of hydrogen-bond acceptors (Lipinski definition) is 4. The van der Waals surface area contributed by atoms with E-state index in [1.54, 1.807) is 7.11 Å². The molecule has 0 amide bonds. The van der Waals surface area contributed by atoms with E-state index in [0.717, 1.165) is 26.8 Å². The summed E-state index contributed by atoms with van der Waals surface area (Å²) in [5.41, 5.74) is 9.13. The molecule has 0 aliphatic rings. The van der Waals surface area contributed by atoms with Crippen molar-refractivity contribution in [3.63, 3.8) is 0 Å². The van der Waals surface area contributed by atoms with Crippen LogP contribution in [0.15, 0.2) is 24.3 Å². The quantitative estimate of drug-likeness (QED) is 0.783. The number of aromatic nitrogens is 2. The number of nitrogen functional groups attached to an aromatic ring is 1. The molecule has 0 unspecified atom stereocenters. The molecule has 112 valence electrons. The number of halogens is 1. The summed E-state index contributed by atoms with van der Waals surface area (Å²) in [5.74, 6) is 1.74. The van der Waals surface area contributed by atoms with Crippen LogP contribution in [0.4, 0.5) is 5.82 Å². The topological polar surface area (TPSA) is 61.0 Å². The zero-order chi connectivity index (χ0) is 15.4. The molecule has 0 fully saturated rings. The first-order valence-electron chi connectivity index (χ1n) is 6.92. The molecule has 0 bridgehead atoms. The van der Waals surface area contributed by atoms with Gasteiger partial charge in [0.05, 0.1) is 15.9 Å². The molecule has 1 aromatic heterocycles. The fourth-order valence-corrected chi connectivity index (χ4v) is 2.64. The number of anilines is 1. The maximum absolute atomic E-state index is 6.07. The van der Waals surface area contributed by atoms with E-state index < -0.39 is 0 Å². The van der Waals surface area contributed by atoms with Gasteiger partial charge in [0.15, 0.2) is 5.82 Å².